The van der Waals surface area contributed by atoms with Gasteiger partial charge in [0.05, 0.1) is 6.54 Å². The zero-order valence-electron chi connectivity index (χ0n) is 20.3. The first-order valence-electron chi connectivity index (χ1n) is 11.6. The van der Waals surface area contributed by atoms with Gasteiger partial charge in [-0.05, 0) is 34.8 Å². The third-order valence-electron chi connectivity index (χ3n) is 6.45. The maximum absolute atomic E-state index is 2.67. The van der Waals surface area contributed by atoms with E-state index in [1.807, 2.05) is 0 Å². The van der Waals surface area contributed by atoms with Crippen LogP contribution in [0.25, 0.3) is 0 Å². The maximum atomic E-state index is 2.67. The fourth-order valence-corrected chi connectivity index (χ4v) is 4.89. The van der Waals surface area contributed by atoms with Crippen molar-refractivity contribution in [3.05, 3.63) is 58.7 Å². The van der Waals surface area contributed by atoms with Gasteiger partial charge in [-0.25, -0.2) is 0 Å². The van der Waals surface area contributed by atoms with Crippen LogP contribution in [0.3, 0.4) is 0 Å². The molecule has 1 heterocycles. The number of benzene rings is 2. The Morgan fingerprint density at radius 1 is 0.667 bits per heavy atom. The van der Waals surface area contributed by atoms with Gasteiger partial charge in [-0.3, -0.25) is 4.90 Å². The quantitative estimate of drug-likeness (QED) is 0.560. The average Bonchev–Trinajstić information content (AvgIpc) is 3.15. The number of hydrogen-bond donors (Lipinski definition) is 1. The molecule has 0 aromatic heterocycles. The smallest absolute Gasteiger partial charge is 0.319 e. The van der Waals surface area contributed by atoms with E-state index in [0.717, 1.165) is 13.2 Å². The second kappa shape index (κ2) is 10.4. The van der Waals surface area contributed by atoms with Crippen molar-refractivity contribution in [2.75, 3.05) is 24.7 Å². The van der Waals surface area contributed by atoms with E-state index in [1.165, 1.54) is 34.5 Å². The first-order chi connectivity index (χ1) is 13.7. The molecule has 0 radical (unpaired) electrons. The van der Waals surface area contributed by atoms with Crippen molar-refractivity contribution in [2.45, 2.75) is 79.1 Å². The largest absolute Gasteiger partial charge is 5.00 e. The molecule has 1 atom stereocenters. The van der Waals surface area contributed by atoms with Crippen LogP contribution in [-0.2, 0) is 18.6 Å². The number of quaternary nitrogens is 1. The van der Waals surface area contributed by atoms with Gasteiger partial charge in [-0.1, -0.05) is 91.8 Å². The van der Waals surface area contributed by atoms with Crippen LogP contribution in [0.1, 0.15) is 101 Å². The van der Waals surface area contributed by atoms with Gasteiger partial charge in [0.15, 0.2) is 6.67 Å². The van der Waals surface area contributed by atoms with Crippen molar-refractivity contribution in [3.63, 3.8) is 0 Å². The molecule has 158 valence electrons. The van der Waals surface area contributed by atoms with Crippen LogP contribution < -0.4 is 9.80 Å². The van der Waals surface area contributed by atoms with Crippen LogP contribution in [0, 0.1) is 0 Å². The predicted octanol–water partition coefficient (Wildman–Crippen LogP) is 6.17. The first-order valence-corrected chi connectivity index (χ1v) is 11.6. The zero-order valence-corrected chi connectivity index (χ0v) is 21.7. The molecule has 3 heteroatoms. The van der Waals surface area contributed by atoms with Crippen LogP contribution in [-0.4, -0.2) is 19.8 Å². The molecule has 0 amide bonds. The Morgan fingerprint density at radius 3 is 1.47 bits per heavy atom. The Kier molecular flexibility index (Phi) is 8.68. The van der Waals surface area contributed by atoms with E-state index < -0.39 is 0 Å². The van der Waals surface area contributed by atoms with Crippen LogP contribution in [0.5, 0.6) is 0 Å². The summed E-state index contributed by atoms with van der Waals surface area (Å²) in [4.78, 5) is 4.30. The molecule has 2 nitrogen and oxygen atoms in total. The molecule has 0 aliphatic carbocycles. The topological polar surface area (TPSA) is 7.68 Å². The van der Waals surface area contributed by atoms with E-state index >= 15 is 0 Å². The van der Waals surface area contributed by atoms with Crippen molar-refractivity contribution in [1.82, 2.24) is 0 Å². The first kappa shape index (κ1) is 25.0. The van der Waals surface area contributed by atoms with Gasteiger partial charge in [0.1, 0.15) is 12.2 Å². The molecule has 3 rings (SSSR count). The Hall–Kier alpha value is -1.22. The van der Waals surface area contributed by atoms with Crippen molar-refractivity contribution >= 4 is 11.4 Å². The van der Waals surface area contributed by atoms with E-state index in [2.05, 4.69) is 96.7 Å². The van der Waals surface area contributed by atoms with Crippen molar-refractivity contribution < 1.29 is 23.5 Å². The number of hydrogen-bond acceptors (Lipinski definition) is 1. The molecule has 1 N–H and O–H groups in total. The predicted molar refractivity (Wildman–Crippen MR) is 127 cm³/mol. The van der Waals surface area contributed by atoms with Gasteiger partial charge in [-0.15, -0.1) is 0 Å². The summed E-state index contributed by atoms with van der Waals surface area (Å²) in [6.45, 7) is 22.0. The summed E-state index contributed by atoms with van der Waals surface area (Å²) in [7, 11) is 0. The summed E-state index contributed by atoms with van der Waals surface area (Å²) >= 11 is 0. The molecular formula is C27H41N2V+6. The Labute approximate surface area is 196 Å². The zero-order chi connectivity index (χ0) is 21.3. The minimum absolute atomic E-state index is 0. The Morgan fingerprint density at radius 2 is 1.07 bits per heavy atom. The fourth-order valence-electron chi connectivity index (χ4n) is 4.89. The van der Waals surface area contributed by atoms with Gasteiger partial charge >= 0.3 is 18.6 Å². The molecule has 1 saturated heterocycles. The average molecular weight is 445 g/mol. The molecule has 1 aliphatic heterocycles. The van der Waals surface area contributed by atoms with Crippen LogP contribution >= 0.6 is 0 Å². The summed E-state index contributed by atoms with van der Waals surface area (Å²) in [5.41, 5.74) is 9.11. The molecule has 1 aliphatic rings. The van der Waals surface area contributed by atoms with E-state index in [4.69, 9.17) is 0 Å². The van der Waals surface area contributed by atoms with Gasteiger partial charge in [-0.2, -0.15) is 0 Å². The number of nitrogens with zero attached hydrogens (tertiary/aromatic N) is 1. The number of anilines is 1. The second-order valence-electron chi connectivity index (χ2n) is 9.99. The molecule has 2 aromatic carbocycles. The van der Waals surface area contributed by atoms with E-state index in [0.29, 0.717) is 23.7 Å². The minimum Gasteiger partial charge on any atom is -0.319 e. The Balaban J connectivity index is 0.00000320. The summed E-state index contributed by atoms with van der Waals surface area (Å²) in [5.74, 6) is 2.20. The maximum Gasteiger partial charge on any atom is 5.00 e. The third kappa shape index (κ3) is 4.98. The normalized spacial score (nSPS) is 16.8. The Bertz CT molecular complexity index is 717. The van der Waals surface area contributed by atoms with Gasteiger partial charge < -0.3 is 4.90 Å². The third-order valence-corrected chi connectivity index (χ3v) is 6.45. The molecule has 0 saturated carbocycles. The summed E-state index contributed by atoms with van der Waals surface area (Å²) in [6, 6.07) is 13.9. The fraction of sp³-hybridized carbons (Fsp3) is 0.556. The molecular weight excluding hydrogens is 403 g/mol. The SMILES string of the molecule is CC(C)c1cccc(C(C)C)c1N1CC[NH+](c2c(C(C)C)cccc2C(C)C)C1.[V+5]. The summed E-state index contributed by atoms with van der Waals surface area (Å²) in [6.07, 6.45) is 0. The molecule has 0 bridgehead atoms. The molecule has 1 unspecified atom stereocenters. The summed E-state index contributed by atoms with van der Waals surface area (Å²) in [5, 5.41) is 0. The number of para-hydroxylation sites is 2. The van der Waals surface area contributed by atoms with Crippen molar-refractivity contribution in [3.8, 4) is 0 Å². The van der Waals surface area contributed by atoms with Gasteiger partial charge in [0.2, 0.25) is 0 Å². The number of rotatable bonds is 6. The van der Waals surface area contributed by atoms with Gasteiger partial charge in [0.25, 0.3) is 0 Å². The molecule has 0 spiro atoms. The second-order valence-corrected chi connectivity index (χ2v) is 9.99. The molecule has 30 heavy (non-hydrogen) atoms. The van der Waals surface area contributed by atoms with E-state index in [9.17, 15) is 0 Å². The van der Waals surface area contributed by atoms with E-state index in [1.54, 1.807) is 10.6 Å². The van der Waals surface area contributed by atoms with E-state index in [-0.39, 0.29) is 18.6 Å². The minimum atomic E-state index is 0. The van der Waals surface area contributed by atoms with Crippen LogP contribution in [0.15, 0.2) is 36.4 Å². The van der Waals surface area contributed by atoms with Crippen molar-refractivity contribution in [1.29, 1.82) is 0 Å². The van der Waals surface area contributed by atoms with Gasteiger partial charge in [0, 0.05) is 16.8 Å². The molecule has 2 aromatic rings. The van der Waals surface area contributed by atoms with Crippen LogP contribution in [0.2, 0.25) is 0 Å². The van der Waals surface area contributed by atoms with Crippen LogP contribution in [0.4, 0.5) is 11.4 Å². The standard InChI is InChI=1S/C27H40N2.V/c1-18(2)22-11-9-12-23(19(3)4)26(22)28-15-16-29(17-28)27-24(20(5)6)13-10-14-25(27)21(7)8;/h9-14,18-21H,15-17H2,1-8H3;/q;+5/p+1. The number of nitrogens with one attached hydrogen (secondary N) is 1. The summed E-state index contributed by atoms with van der Waals surface area (Å²) < 4.78 is 0. The monoisotopic (exact) mass is 444 g/mol. The molecule has 1 fully saturated rings. The van der Waals surface area contributed by atoms with Crippen molar-refractivity contribution in [2.24, 2.45) is 0 Å².